The summed E-state index contributed by atoms with van der Waals surface area (Å²) in [6.07, 6.45) is 0.619. The van der Waals surface area contributed by atoms with E-state index in [1.54, 1.807) is 26.8 Å². The second kappa shape index (κ2) is 6.28. The van der Waals surface area contributed by atoms with E-state index in [0.717, 1.165) is 0 Å². The minimum absolute atomic E-state index is 0.109. The molecule has 2 N–H and O–H groups in total. The lowest BCUT2D eigenvalue weighted by Gasteiger charge is -2.19. The SMILES string of the molecule is CC(C)(C)OC(=O)CCCn1c(=O)[nH]c2ccc(C(=O)O)cc21. The van der Waals surface area contributed by atoms with Gasteiger partial charge in [-0.15, -0.1) is 0 Å². The van der Waals surface area contributed by atoms with Gasteiger partial charge in [-0.3, -0.25) is 9.36 Å². The largest absolute Gasteiger partial charge is 0.478 e. The maximum atomic E-state index is 12.0. The number of esters is 1. The third-order valence-electron chi connectivity index (χ3n) is 3.20. The van der Waals surface area contributed by atoms with Crippen LogP contribution in [-0.2, 0) is 16.1 Å². The van der Waals surface area contributed by atoms with Crippen LogP contribution in [0, 0.1) is 0 Å². The van der Waals surface area contributed by atoms with E-state index in [1.165, 1.54) is 16.7 Å². The summed E-state index contributed by atoms with van der Waals surface area (Å²) in [7, 11) is 0. The highest BCUT2D eigenvalue weighted by atomic mass is 16.6. The van der Waals surface area contributed by atoms with E-state index in [0.29, 0.717) is 24.0 Å². The van der Waals surface area contributed by atoms with E-state index >= 15 is 0 Å². The average Bonchev–Trinajstić information content (AvgIpc) is 2.72. The van der Waals surface area contributed by atoms with Crippen LogP contribution in [0.5, 0.6) is 0 Å². The normalized spacial score (nSPS) is 11.6. The fourth-order valence-corrected chi connectivity index (χ4v) is 2.28. The van der Waals surface area contributed by atoms with Gasteiger partial charge in [0.25, 0.3) is 0 Å². The molecule has 1 aromatic heterocycles. The third kappa shape index (κ3) is 4.21. The van der Waals surface area contributed by atoms with E-state index in [9.17, 15) is 14.4 Å². The van der Waals surface area contributed by atoms with Crippen LogP contribution in [0.2, 0.25) is 0 Å². The molecule has 0 atom stereocenters. The average molecular weight is 320 g/mol. The summed E-state index contributed by atoms with van der Waals surface area (Å²) in [5.74, 6) is -1.38. The molecule has 0 radical (unpaired) electrons. The van der Waals surface area contributed by atoms with Crippen molar-refractivity contribution in [3.05, 3.63) is 34.2 Å². The Labute approximate surface area is 132 Å². The minimum Gasteiger partial charge on any atom is -0.478 e. The van der Waals surface area contributed by atoms with Gasteiger partial charge in [-0.2, -0.15) is 0 Å². The van der Waals surface area contributed by atoms with Gasteiger partial charge in [0.2, 0.25) is 0 Å². The van der Waals surface area contributed by atoms with Crippen LogP contribution in [0.4, 0.5) is 0 Å². The number of carboxylic acids is 1. The Bertz CT molecular complexity index is 795. The smallest absolute Gasteiger partial charge is 0.335 e. The van der Waals surface area contributed by atoms with Crippen LogP contribution in [0.15, 0.2) is 23.0 Å². The quantitative estimate of drug-likeness (QED) is 0.822. The van der Waals surface area contributed by atoms with E-state index in [4.69, 9.17) is 9.84 Å². The summed E-state index contributed by atoms with van der Waals surface area (Å²) in [6, 6.07) is 4.44. The van der Waals surface area contributed by atoms with Crippen LogP contribution in [0.1, 0.15) is 44.0 Å². The number of aromatic nitrogens is 2. The maximum absolute atomic E-state index is 12.0. The van der Waals surface area contributed by atoms with Crippen LogP contribution in [-0.4, -0.2) is 32.2 Å². The van der Waals surface area contributed by atoms with E-state index < -0.39 is 11.6 Å². The molecule has 1 aromatic carbocycles. The number of carbonyl (C=O) groups excluding carboxylic acids is 1. The van der Waals surface area contributed by atoms with Crippen molar-refractivity contribution in [3.63, 3.8) is 0 Å². The molecular formula is C16H20N2O5. The molecule has 0 amide bonds. The molecule has 0 unspecified atom stereocenters. The first-order valence-corrected chi connectivity index (χ1v) is 7.35. The second-order valence-electron chi connectivity index (χ2n) is 6.31. The number of hydrogen-bond acceptors (Lipinski definition) is 4. The molecule has 0 saturated heterocycles. The zero-order chi connectivity index (χ0) is 17.2. The Morgan fingerprint density at radius 2 is 2.00 bits per heavy atom. The number of nitrogens with zero attached hydrogens (tertiary/aromatic N) is 1. The van der Waals surface area contributed by atoms with Crippen LogP contribution < -0.4 is 5.69 Å². The van der Waals surface area contributed by atoms with Gasteiger partial charge in [0, 0.05) is 13.0 Å². The molecule has 0 saturated carbocycles. The summed E-state index contributed by atoms with van der Waals surface area (Å²) in [5.41, 5.74) is 0.325. The predicted octanol–water partition coefficient (Wildman–Crippen LogP) is 2.15. The highest BCUT2D eigenvalue weighted by molar-refractivity contribution is 5.92. The molecule has 2 aromatic rings. The fraction of sp³-hybridized carbons (Fsp3) is 0.438. The Balaban J connectivity index is 2.12. The molecule has 1 heterocycles. The maximum Gasteiger partial charge on any atom is 0.335 e. The van der Waals surface area contributed by atoms with Crippen molar-refractivity contribution in [3.8, 4) is 0 Å². The van der Waals surface area contributed by atoms with Crippen LogP contribution in [0.25, 0.3) is 11.0 Å². The molecule has 124 valence electrons. The van der Waals surface area contributed by atoms with Crippen LogP contribution in [0.3, 0.4) is 0 Å². The van der Waals surface area contributed by atoms with Gasteiger partial charge < -0.3 is 14.8 Å². The van der Waals surface area contributed by atoms with E-state index in [-0.39, 0.29) is 23.6 Å². The van der Waals surface area contributed by atoms with Crippen molar-refractivity contribution in [2.45, 2.75) is 45.8 Å². The zero-order valence-electron chi connectivity index (χ0n) is 13.4. The summed E-state index contributed by atoms with van der Waals surface area (Å²) in [5, 5.41) is 9.04. The summed E-state index contributed by atoms with van der Waals surface area (Å²) < 4.78 is 6.65. The molecule has 7 heteroatoms. The molecule has 2 rings (SSSR count). The van der Waals surface area contributed by atoms with Crippen molar-refractivity contribution in [1.82, 2.24) is 9.55 Å². The topological polar surface area (TPSA) is 101 Å². The number of H-pyrrole nitrogens is 1. The summed E-state index contributed by atoms with van der Waals surface area (Å²) >= 11 is 0. The molecule has 0 aliphatic rings. The third-order valence-corrected chi connectivity index (χ3v) is 3.20. The number of carbonyl (C=O) groups is 2. The predicted molar refractivity (Wildman–Crippen MR) is 84.6 cm³/mol. The molecule has 7 nitrogen and oxygen atoms in total. The Morgan fingerprint density at radius 3 is 2.61 bits per heavy atom. The van der Waals surface area contributed by atoms with Gasteiger partial charge in [-0.25, -0.2) is 9.59 Å². The highest BCUT2D eigenvalue weighted by Crippen LogP contribution is 2.14. The van der Waals surface area contributed by atoms with Crippen molar-refractivity contribution in [1.29, 1.82) is 0 Å². The molecule has 23 heavy (non-hydrogen) atoms. The van der Waals surface area contributed by atoms with Crippen LogP contribution >= 0.6 is 0 Å². The Morgan fingerprint density at radius 1 is 1.30 bits per heavy atom. The number of rotatable bonds is 5. The lowest BCUT2D eigenvalue weighted by Crippen LogP contribution is -2.24. The van der Waals surface area contributed by atoms with E-state index in [1.807, 2.05) is 0 Å². The number of ether oxygens (including phenoxy) is 1. The highest BCUT2D eigenvalue weighted by Gasteiger charge is 2.16. The number of benzene rings is 1. The molecular weight excluding hydrogens is 300 g/mol. The Hall–Kier alpha value is -2.57. The fourth-order valence-electron chi connectivity index (χ4n) is 2.28. The van der Waals surface area contributed by atoms with Gasteiger partial charge in [-0.05, 0) is 45.4 Å². The molecule has 0 bridgehead atoms. The van der Waals surface area contributed by atoms with E-state index in [2.05, 4.69) is 4.98 Å². The second-order valence-corrected chi connectivity index (χ2v) is 6.31. The monoisotopic (exact) mass is 320 g/mol. The first-order valence-electron chi connectivity index (χ1n) is 7.35. The molecule has 0 aliphatic heterocycles. The lowest BCUT2D eigenvalue weighted by molar-refractivity contribution is -0.154. The molecule has 0 fully saturated rings. The number of carboxylic acid groups (broad SMARTS) is 1. The number of nitrogens with one attached hydrogen (secondary N) is 1. The van der Waals surface area contributed by atoms with Gasteiger partial charge in [0.05, 0.1) is 16.6 Å². The van der Waals surface area contributed by atoms with Crippen molar-refractivity contribution < 1.29 is 19.4 Å². The number of aromatic carboxylic acids is 1. The lowest BCUT2D eigenvalue weighted by atomic mass is 10.2. The number of hydrogen-bond donors (Lipinski definition) is 2. The minimum atomic E-state index is -1.05. The standard InChI is InChI=1S/C16H20N2O5/c1-16(2,3)23-13(19)5-4-8-18-12-9-10(14(20)21)6-7-11(12)17-15(18)22/h6-7,9H,4-5,8H2,1-3H3,(H,17,22)(H,20,21). The van der Waals surface area contributed by atoms with Crippen molar-refractivity contribution in [2.75, 3.05) is 0 Å². The Kier molecular flexibility index (Phi) is 4.58. The van der Waals surface area contributed by atoms with Crippen molar-refractivity contribution >= 4 is 23.0 Å². The first kappa shape index (κ1) is 16.8. The van der Waals surface area contributed by atoms with Gasteiger partial charge in [0.1, 0.15) is 5.60 Å². The van der Waals surface area contributed by atoms with Gasteiger partial charge >= 0.3 is 17.6 Å². The molecule has 0 spiro atoms. The summed E-state index contributed by atoms with van der Waals surface area (Å²) in [4.78, 5) is 37.4. The van der Waals surface area contributed by atoms with Gasteiger partial charge in [-0.1, -0.05) is 0 Å². The van der Waals surface area contributed by atoms with Crippen molar-refractivity contribution in [2.24, 2.45) is 0 Å². The number of aryl methyl sites for hydroxylation is 1. The number of imidazole rings is 1. The van der Waals surface area contributed by atoms with Gasteiger partial charge in [0.15, 0.2) is 0 Å². The number of fused-ring (bicyclic) bond motifs is 1. The zero-order valence-corrected chi connectivity index (χ0v) is 13.4. The summed E-state index contributed by atoms with van der Waals surface area (Å²) in [6.45, 7) is 5.69. The molecule has 0 aliphatic carbocycles. The first-order chi connectivity index (χ1) is 10.7. The number of aromatic amines is 1.